The first-order valence-electron chi connectivity index (χ1n) is 28.7. The van der Waals surface area contributed by atoms with E-state index in [1.807, 2.05) is 89.2 Å². The van der Waals surface area contributed by atoms with Gasteiger partial charge in [-0.15, -0.1) is 0 Å². The van der Waals surface area contributed by atoms with Gasteiger partial charge in [-0.25, -0.2) is 23.7 Å². The molecule has 91 heavy (non-hydrogen) atoms. The van der Waals surface area contributed by atoms with Gasteiger partial charge in [0.15, 0.2) is 11.5 Å². The number of halogens is 3. The fourth-order valence-corrected chi connectivity index (χ4v) is 10.9. The maximum absolute atomic E-state index is 14.5. The molecule has 0 spiro atoms. The number of phenols is 2. The van der Waals surface area contributed by atoms with Crippen LogP contribution in [0.2, 0.25) is 5.02 Å². The number of benzene rings is 6. The van der Waals surface area contributed by atoms with Gasteiger partial charge in [-0.3, -0.25) is 43.0 Å². The van der Waals surface area contributed by atoms with Crippen molar-refractivity contribution in [2.75, 3.05) is 6.61 Å². The quantitative estimate of drug-likeness (QED) is 0.110. The van der Waals surface area contributed by atoms with Crippen molar-refractivity contribution in [1.82, 2.24) is 48.6 Å². The Labute approximate surface area is 524 Å². The van der Waals surface area contributed by atoms with Crippen LogP contribution in [0.3, 0.4) is 0 Å². The Morgan fingerprint density at radius 1 is 0.505 bits per heavy atom. The zero-order valence-electron chi connectivity index (χ0n) is 50.0. The normalized spacial score (nSPS) is 11.5. The summed E-state index contributed by atoms with van der Waals surface area (Å²) < 4.78 is 38.6. The predicted molar refractivity (Wildman–Crippen MR) is 356 cm³/mol. The van der Waals surface area contributed by atoms with Gasteiger partial charge in [0.1, 0.15) is 40.5 Å². The van der Waals surface area contributed by atoms with E-state index < -0.39 is 22.9 Å². The number of aryl methyl sites for hydroxylation is 5. The number of hydrogen-bond acceptors (Lipinski definition) is 12. The van der Waals surface area contributed by atoms with Crippen LogP contribution in [0.15, 0.2) is 185 Å². The van der Waals surface area contributed by atoms with Gasteiger partial charge in [-0.2, -0.15) is 0 Å². The summed E-state index contributed by atoms with van der Waals surface area (Å²) in [5, 5.41) is 23.4. The molecule has 0 atom stereocenters. The Kier molecular flexibility index (Phi) is 17.8. The van der Waals surface area contributed by atoms with E-state index in [9.17, 15) is 33.4 Å². The fourth-order valence-electron chi connectivity index (χ4n) is 10.7. The first kappa shape index (κ1) is 61.2. The van der Waals surface area contributed by atoms with Gasteiger partial charge in [0.25, 0.3) is 16.7 Å². The molecule has 0 aliphatic carbocycles. The highest BCUT2D eigenvalue weighted by Crippen LogP contribution is 2.32. The zero-order chi connectivity index (χ0) is 64.0. The summed E-state index contributed by atoms with van der Waals surface area (Å²) in [5.41, 5.74) is 9.66. The lowest BCUT2D eigenvalue weighted by molar-refractivity contribution is 0.318. The third-order valence-corrected chi connectivity index (χ3v) is 15.2. The van der Waals surface area contributed by atoms with E-state index in [-0.39, 0.29) is 45.1 Å². The van der Waals surface area contributed by atoms with Gasteiger partial charge in [-0.1, -0.05) is 84.4 Å². The van der Waals surface area contributed by atoms with E-state index in [1.54, 1.807) is 95.5 Å². The number of phenolic OH excluding ortho intramolecular Hbond substituents is 2. The Morgan fingerprint density at radius 2 is 0.934 bits per heavy atom. The number of H-pyrrole nitrogens is 1. The number of rotatable bonds is 11. The molecule has 0 fully saturated rings. The van der Waals surface area contributed by atoms with Gasteiger partial charge in [0, 0.05) is 45.8 Å². The minimum atomic E-state index is -0.909. The van der Waals surface area contributed by atoms with E-state index in [1.165, 1.54) is 42.7 Å². The number of hydrogen-bond donors (Lipinski definition) is 3. The molecule has 7 heterocycles. The van der Waals surface area contributed by atoms with Crippen LogP contribution in [0.4, 0.5) is 8.78 Å². The Balaban J connectivity index is 0.000000140. The van der Waals surface area contributed by atoms with Gasteiger partial charge in [-0.05, 0) is 166 Å². The van der Waals surface area contributed by atoms with Crippen LogP contribution in [-0.2, 0) is 0 Å². The molecular weight excluding hydrogens is 1170 g/mol. The summed E-state index contributed by atoms with van der Waals surface area (Å²) in [6, 6.07) is 38.1. The number of aromatic nitrogens is 10. The number of aromatic amines is 1. The van der Waals surface area contributed by atoms with Gasteiger partial charge in [0.05, 0.1) is 74.8 Å². The molecule has 0 radical (unpaired) electrons. The summed E-state index contributed by atoms with van der Waals surface area (Å²) in [4.78, 5) is 69.5. The van der Waals surface area contributed by atoms with Gasteiger partial charge >= 0.3 is 0 Å². The highest BCUT2D eigenvalue weighted by Gasteiger charge is 2.20. The van der Waals surface area contributed by atoms with Crippen molar-refractivity contribution >= 4 is 91.7 Å². The molecular formula is C72H57ClF2N10O6. The van der Waals surface area contributed by atoms with E-state index in [0.717, 1.165) is 72.5 Å². The van der Waals surface area contributed by atoms with Gasteiger partial charge < -0.3 is 19.9 Å². The van der Waals surface area contributed by atoms with Crippen LogP contribution in [0, 0.1) is 46.3 Å². The number of para-hydroxylation sites is 5. The molecule has 16 nitrogen and oxygen atoms in total. The Hall–Kier alpha value is -11.5. The van der Waals surface area contributed by atoms with Crippen molar-refractivity contribution in [2.45, 2.75) is 41.5 Å². The van der Waals surface area contributed by atoms with Crippen LogP contribution < -0.4 is 21.4 Å². The molecule has 0 amide bonds. The predicted octanol–water partition coefficient (Wildman–Crippen LogP) is 14.6. The number of pyridine rings is 3. The zero-order valence-corrected chi connectivity index (χ0v) is 50.8. The lowest BCUT2D eigenvalue weighted by Gasteiger charge is -2.16. The fraction of sp³-hybridized carbons (Fsp3) is 0.0972. The molecule has 7 aromatic heterocycles. The molecule has 0 saturated heterocycles. The molecule has 452 valence electrons. The maximum Gasteiger partial charge on any atom is 0.266 e. The third kappa shape index (κ3) is 12.7. The van der Waals surface area contributed by atoms with Crippen LogP contribution in [0.1, 0.15) is 69.0 Å². The largest absolute Gasteiger partial charge is 0.507 e. The smallest absolute Gasteiger partial charge is 0.266 e. The molecule has 6 aromatic carbocycles. The van der Waals surface area contributed by atoms with E-state index in [2.05, 4.69) is 48.1 Å². The molecule has 0 saturated carbocycles. The van der Waals surface area contributed by atoms with Crippen molar-refractivity contribution in [3.8, 4) is 34.3 Å². The standard InChI is InChI=1S/C26H22N4O.C23H18ClN3O2.C23H17F2N3O3/c1-16-6-4-7-17(2)25(16)30-23(29-22-15-27-13-12-21(22)26(30)31)11-10-19-8-5-9-20-14-18(3)28-24(19)20;1-14-4-3-5-15(2)22(14)27-21(9-6-16-12-17(24)7-8-20(16)28)26-19-13-25-11-10-18(19)23(27)29;1-2-31-19-8-3-5-14(22(19)29)9-10-20-27-18-13-26-12-11-15(18)23(30)28(20)21-16(24)6-4-7-17(21)25/h4-15,28H,1-3H3;3-13,28H,1-2H3;3-13,29H,2H2,1H3/b11-10+;9-6+;10-9+. The number of nitrogens with one attached hydrogen (secondary N) is 1. The molecule has 0 bridgehead atoms. The summed E-state index contributed by atoms with van der Waals surface area (Å²) in [6.07, 6.45) is 19.4. The minimum Gasteiger partial charge on any atom is -0.507 e. The third-order valence-electron chi connectivity index (χ3n) is 15.0. The molecule has 0 aliphatic heterocycles. The van der Waals surface area contributed by atoms with E-state index in [4.69, 9.17) is 21.3 Å². The summed E-state index contributed by atoms with van der Waals surface area (Å²) in [5.74, 6) is -0.562. The van der Waals surface area contributed by atoms with Crippen molar-refractivity contribution < 1.29 is 23.7 Å². The average molecular weight is 1230 g/mol. The second-order valence-corrected chi connectivity index (χ2v) is 21.6. The number of ether oxygens (including phenoxy) is 1. The second-order valence-electron chi connectivity index (χ2n) is 21.2. The summed E-state index contributed by atoms with van der Waals surface area (Å²) >= 11 is 6.05. The average Bonchev–Trinajstić information content (AvgIpc) is 1.34. The lowest BCUT2D eigenvalue weighted by atomic mass is 10.1. The van der Waals surface area contributed by atoms with Crippen molar-refractivity contribution in [3.05, 3.63) is 280 Å². The maximum atomic E-state index is 14.5. The van der Waals surface area contributed by atoms with E-state index >= 15 is 0 Å². The minimum absolute atomic E-state index is 0.0317. The Morgan fingerprint density at radius 3 is 1.43 bits per heavy atom. The first-order chi connectivity index (χ1) is 44.0. The molecule has 0 aliphatic rings. The molecule has 0 unspecified atom stereocenters. The SMILES string of the molecule is CCOc1cccc(/C=C/c2nc3cnccc3c(=O)n2-c2c(F)cccc2F)c1O.Cc1cc2cccc(/C=C/c3nc4cnccc4c(=O)n3-c3c(C)cccc3C)c2[nH]1.Cc1cccc(C)c1-n1c(/C=C/c2cc(Cl)ccc2O)nc2cnccc2c1=O. The van der Waals surface area contributed by atoms with Crippen molar-refractivity contribution in [3.63, 3.8) is 0 Å². The van der Waals surface area contributed by atoms with Gasteiger partial charge in [0.2, 0.25) is 0 Å². The van der Waals surface area contributed by atoms with Crippen LogP contribution >= 0.6 is 11.6 Å². The number of nitrogens with zero attached hydrogens (tertiary/aromatic N) is 9. The van der Waals surface area contributed by atoms with Crippen LogP contribution in [0.25, 0.3) is 97.1 Å². The monoisotopic (exact) mass is 1230 g/mol. The van der Waals surface area contributed by atoms with E-state index in [0.29, 0.717) is 56.2 Å². The summed E-state index contributed by atoms with van der Waals surface area (Å²) in [7, 11) is 0. The molecule has 13 aromatic rings. The number of fused-ring (bicyclic) bond motifs is 4. The molecule has 19 heteroatoms. The molecule has 13 rings (SSSR count). The Bertz CT molecular complexity index is 5210. The second kappa shape index (κ2) is 26.5. The van der Waals surface area contributed by atoms with Crippen LogP contribution in [0.5, 0.6) is 17.2 Å². The van der Waals surface area contributed by atoms with Crippen LogP contribution in [-0.4, -0.2) is 65.4 Å². The highest BCUT2D eigenvalue weighted by atomic mass is 35.5. The highest BCUT2D eigenvalue weighted by molar-refractivity contribution is 6.30. The number of aromatic hydroxyl groups is 2. The van der Waals surface area contributed by atoms with Crippen molar-refractivity contribution in [2.24, 2.45) is 0 Å². The summed E-state index contributed by atoms with van der Waals surface area (Å²) in [6.45, 7) is 12.2. The van der Waals surface area contributed by atoms with Crippen molar-refractivity contribution in [1.29, 1.82) is 0 Å². The first-order valence-corrected chi connectivity index (χ1v) is 29.1. The molecule has 3 N–H and O–H groups in total. The lowest BCUT2D eigenvalue weighted by Crippen LogP contribution is -2.24. The topological polar surface area (TPSA) is 209 Å².